The lowest BCUT2D eigenvalue weighted by atomic mass is 10.1. The molecule has 1 aromatic rings. The van der Waals surface area contributed by atoms with Crippen LogP contribution in [0.25, 0.3) is 0 Å². The molecule has 1 heterocycles. The van der Waals surface area contributed by atoms with E-state index in [1.54, 1.807) is 0 Å². The fraction of sp³-hybridized carbons (Fsp3) is 0.444. The number of carbonyl (C=O) groups is 1. The van der Waals surface area contributed by atoms with E-state index in [4.69, 9.17) is 5.11 Å². The van der Waals surface area contributed by atoms with Gasteiger partial charge in [-0.1, -0.05) is 19.8 Å². The zero-order valence-electron chi connectivity index (χ0n) is 7.58. The molecule has 0 fully saturated rings. The Balaban J connectivity index is 2.55. The predicted octanol–water partition coefficient (Wildman–Crippen LogP) is 1.85. The Hall–Kier alpha value is -1.32. The summed E-state index contributed by atoms with van der Waals surface area (Å²) in [6.45, 7) is 2.09. The molecule has 2 N–H and O–H groups in total. The lowest BCUT2D eigenvalue weighted by Crippen LogP contribution is -1.98. The molecule has 1 rings (SSSR count). The van der Waals surface area contributed by atoms with Gasteiger partial charge in [0.05, 0.1) is 5.69 Å². The number of nitrogens with one attached hydrogen (secondary N) is 1. The second-order valence-electron chi connectivity index (χ2n) is 2.84. The van der Waals surface area contributed by atoms with E-state index in [1.165, 1.54) is 6.20 Å². The van der Waals surface area contributed by atoms with Crippen LogP contribution in [0, 0.1) is 6.42 Å². The molecule has 0 unspecified atom stereocenters. The minimum Gasteiger partial charge on any atom is -0.478 e. The Bertz CT molecular complexity index is 281. The summed E-state index contributed by atoms with van der Waals surface area (Å²) in [5.41, 5.74) is 0.789. The zero-order chi connectivity index (χ0) is 9.68. The molecule has 1 radical (unpaired) electrons. The van der Waals surface area contributed by atoms with Gasteiger partial charge in [-0.2, -0.15) is 5.10 Å². The Morgan fingerprint density at radius 2 is 2.54 bits per heavy atom. The van der Waals surface area contributed by atoms with Crippen molar-refractivity contribution in [2.75, 3.05) is 0 Å². The van der Waals surface area contributed by atoms with Gasteiger partial charge in [-0.3, -0.25) is 5.10 Å². The highest BCUT2D eigenvalue weighted by molar-refractivity contribution is 5.89. The number of carboxylic acids is 1. The highest BCUT2D eigenvalue weighted by atomic mass is 16.4. The van der Waals surface area contributed by atoms with Crippen LogP contribution in [0.1, 0.15) is 42.2 Å². The number of H-pyrrole nitrogens is 1. The van der Waals surface area contributed by atoms with E-state index in [9.17, 15) is 4.79 Å². The van der Waals surface area contributed by atoms with Gasteiger partial charge in [-0.05, 0) is 6.42 Å². The van der Waals surface area contributed by atoms with Crippen LogP contribution in [0.15, 0.2) is 6.20 Å². The topological polar surface area (TPSA) is 66.0 Å². The van der Waals surface area contributed by atoms with Crippen LogP contribution >= 0.6 is 0 Å². The third kappa shape index (κ3) is 2.57. The van der Waals surface area contributed by atoms with Crippen LogP contribution in [0.5, 0.6) is 0 Å². The minimum atomic E-state index is -0.934. The van der Waals surface area contributed by atoms with Crippen molar-refractivity contribution in [2.45, 2.75) is 26.2 Å². The van der Waals surface area contributed by atoms with Gasteiger partial charge in [-0.25, -0.2) is 4.79 Å². The minimum absolute atomic E-state index is 0.246. The fourth-order valence-corrected chi connectivity index (χ4v) is 1.07. The summed E-state index contributed by atoms with van der Waals surface area (Å²) in [6, 6.07) is 0. The van der Waals surface area contributed by atoms with E-state index < -0.39 is 5.97 Å². The van der Waals surface area contributed by atoms with E-state index >= 15 is 0 Å². The molecule has 0 aliphatic heterocycles. The van der Waals surface area contributed by atoms with Gasteiger partial charge >= 0.3 is 5.97 Å². The van der Waals surface area contributed by atoms with Crippen LogP contribution in [0.3, 0.4) is 0 Å². The summed E-state index contributed by atoms with van der Waals surface area (Å²) in [7, 11) is 0. The maximum absolute atomic E-state index is 10.6. The summed E-state index contributed by atoms with van der Waals surface area (Å²) < 4.78 is 0. The first-order valence-electron chi connectivity index (χ1n) is 4.36. The molecule has 0 amide bonds. The largest absolute Gasteiger partial charge is 0.478 e. The van der Waals surface area contributed by atoms with Crippen molar-refractivity contribution in [3.8, 4) is 0 Å². The number of hydrogen-bond acceptors (Lipinski definition) is 2. The van der Waals surface area contributed by atoms with Gasteiger partial charge in [0, 0.05) is 12.6 Å². The summed E-state index contributed by atoms with van der Waals surface area (Å²) in [5, 5.41) is 15.1. The van der Waals surface area contributed by atoms with Gasteiger partial charge in [0.1, 0.15) is 5.56 Å². The standard InChI is InChI=1S/C9H13N2O2/c1-2-3-4-5-8-7(9(12)13)6-10-11-8/h5-6H,2-4H2,1H3,(H,10,11)(H,12,13). The Morgan fingerprint density at radius 3 is 3.15 bits per heavy atom. The first-order chi connectivity index (χ1) is 6.25. The first-order valence-corrected chi connectivity index (χ1v) is 4.36. The van der Waals surface area contributed by atoms with Crippen molar-refractivity contribution in [1.29, 1.82) is 0 Å². The molecule has 0 saturated heterocycles. The normalized spacial score (nSPS) is 10.2. The molecule has 4 nitrogen and oxygen atoms in total. The molecule has 71 valence electrons. The summed E-state index contributed by atoms with van der Waals surface area (Å²) >= 11 is 0. The highest BCUT2D eigenvalue weighted by Crippen LogP contribution is 2.11. The van der Waals surface area contributed by atoms with Crippen molar-refractivity contribution >= 4 is 5.97 Å². The molecule has 13 heavy (non-hydrogen) atoms. The number of nitrogens with zero attached hydrogens (tertiary/aromatic N) is 1. The molecule has 0 atom stereocenters. The smallest absolute Gasteiger partial charge is 0.339 e. The van der Waals surface area contributed by atoms with Crippen LogP contribution in [-0.4, -0.2) is 21.3 Å². The molecule has 4 heteroatoms. The molecule has 0 aromatic carbocycles. The van der Waals surface area contributed by atoms with Crippen molar-refractivity contribution in [3.05, 3.63) is 23.9 Å². The zero-order valence-corrected chi connectivity index (χ0v) is 7.58. The average molecular weight is 181 g/mol. The van der Waals surface area contributed by atoms with Gasteiger partial charge in [0.2, 0.25) is 0 Å². The second-order valence-corrected chi connectivity index (χ2v) is 2.84. The van der Waals surface area contributed by atoms with Gasteiger partial charge in [-0.15, -0.1) is 0 Å². The third-order valence-electron chi connectivity index (χ3n) is 1.80. The summed E-state index contributed by atoms with van der Waals surface area (Å²) in [6.07, 6.45) is 6.29. The Labute approximate surface area is 77.0 Å². The van der Waals surface area contributed by atoms with E-state index in [0.717, 1.165) is 19.3 Å². The second kappa shape index (κ2) is 4.64. The quantitative estimate of drug-likeness (QED) is 0.681. The first kappa shape index (κ1) is 9.77. The average Bonchev–Trinajstić information content (AvgIpc) is 2.53. The van der Waals surface area contributed by atoms with Crippen LogP contribution < -0.4 is 0 Å². The monoisotopic (exact) mass is 181 g/mol. The molecular formula is C9H13N2O2. The number of carboxylic acid groups (broad SMARTS) is 1. The highest BCUT2D eigenvalue weighted by Gasteiger charge is 2.11. The molecule has 0 aliphatic rings. The molecule has 0 saturated carbocycles. The van der Waals surface area contributed by atoms with Gasteiger partial charge in [0.25, 0.3) is 0 Å². The number of unbranched alkanes of at least 4 members (excludes halogenated alkanes) is 2. The number of aromatic carboxylic acids is 1. The fourth-order valence-electron chi connectivity index (χ4n) is 1.07. The van der Waals surface area contributed by atoms with Gasteiger partial charge in [0.15, 0.2) is 0 Å². The van der Waals surface area contributed by atoms with Crippen LogP contribution in [-0.2, 0) is 0 Å². The van der Waals surface area contributed by atoms with Gasteiger partial charge < -0.3 is 5.11 Å². The Morgan fingerprint density at radius 1 is 1.77 bits per heavy atom. The lowest BCUT2D eigenvalue weighted by Gasteiger charge is -1.96. The maximum atomic E-state index is 10.6. The molecule has 0 aliphatic carbocycles. The van der Waals surface area contributed by atoms with Crippen molar-refractivity contribution in [1.82, 2.24) is 10.2 Å². The van der Waals surface area contributed by atoms with Crippen LogP contribution in [0.2, 0.25) is 0 Å². The number of aromatic amines is 1. The third-order valence-corrected chi connectivity index (χ3v) is 1.80. The summed E-state index contributed by atoms with van der Waals surface area (Å²) in [4.78, 5) is 10.6. The molecule has 0 spiro atoms. The van der Waals surface area contributed by atoms with Crippen molar-refractivity contribution in [3.63, 3.8) is 0 Å². The van der Waals surface area contributed by atoms with Crippen molar-refractivity contribution in [2.24, 2.45) is 0 Å². The SMILES string of the molecule is CCCC[CH]c1n[nH]cc1C(=O)O. The van der Waals surface area contributed by atoms with E-state index in [-0.39, 0.29) is 5.56 Å². The van der Waals surface area contributed by atoms with E-state index in [0.29, 0.717) is 5.69 Å². The predicted molar refractivity (Wildman–Crippen MR) is 48.5 cm³/mol. The van der Waals surface area contributed by atoms with Crippen molar-refractivity contribution < 1.29 is 9.90 Å². The van der Waals surface area contributed by atoms with E-state index in [2.05, 4.69) is 17.1 Å². The molecular weight excluding hydrogens is 168 g/mol. The number of aromatic nitrogens is 2. The van der Waals surface area contributed by atoms with Crippen LogP contribution in [0.4, 0.5) is 0 Å². The molecule has 0 bridgehead atoms. The lowest BCUT2D eigenvalue weighted by molar-refractivity contribution is 0.0696. The van der Waals surface area contributed by atoms with E-state index in [1.807, 2.05) is 6.42 Å². The summed E-state index contributed by atoms with van der Waals surface area (Å²) in [5.74, 6) is -0.934. The number of rotatable bonds is 5. The molecule has 1 aromatic heterocycles. The Kier molecular flexibility index (Phi) is 3.49. The maximum Gasteiger partial charge on any atom is 0.339 e. The number of hydrogen-bond donors (Lipinski definition) is 2.